The first kappa shape index (κ1) is 5.59. The van der Waals surface area contributed by atoms with Gasteiger partial charge >= 0.3 is 0 Å². The Bertz CT molecular complexity index is 46.1. The SMILES string of the molecule is CC(C=O)NN. The molecule has 0 aliphatic rings. The highest BCUT2D eigenvalue weighted by Gasteiger charge is 1.87. The highest BCUT2D eigenvalue weighted by Crippen LogP contribution is 1.61. The van der Waals surface area contributed by atoms with Crippen LogP contribution >= 0.6 is 0 Å². The summed E-state index contributed by atoms with van der Waals surface area (Å²) in [5.74, 6) is 4.80. The molecule has 0 aliphatic heterocycles. The van der Waals surface area contributed by atoms with Crippen LogP contribution in [0.3, 0.4) is 0 Å². The molecule has 0 aromatic carbocycles. The summed E-state index contributed by atoms with van der Waals surface area (Å²) in [5.41, 5.74) is 2.25. The van der Waals surface area contributed by atoms with Crippen LogP contribution in [0.5, 0.6) is 0 Å². The number of carbonyl (C=O) groups is 1. The Balaban J connectivity index is 2.96. The molecule has 0 spiro atoms. The average Bonchev–Trinajstić information content (AvgIpc) is 1.65. The molecule has 0 aliphatic carbocycles. The number of carbonyl (C=O) groups excluding carboxylic acids is 1. The van der Waals surface area contributed by atoms with E-state index in [0.717, 1.165) is 6.29 Å². The van der Waals surface area contributed by atoms with E-state index in [1.807, 2.05) is 0 Å². The molecule has 3 nitrogen and oxygen atoms in total. The molecular formula is C3H8N2O. The second-order valence-corrected chi connectivity index (χ2v) is 1.09. The van der Waals surface area contributed by atoms with Crippen LogP contribution in [0.15, 0.2) is 0 Å². The molecule has 0 aromatic heterocycles. The fourth-order valence-electron chi connectivity index (χ4n) is 0.0393. The maximum atomic E-state index is 9.59. The number of aldehydes is 1. The van der Waals surface area contributed by atoms with Crippen LogP contribution in [0.25, 0.3) is 0 Å². The van der Waals surface area contributed by atoms with E-state index in [-0.39, 0.29) is 6.04 Å². The molecule has 0 radical (unpaired) electrons. The van der Waals surface area contributed by atoms with Crippen molar-refractivity contribution in [3.05, 3.63) is 0 Å². The summed E-state index contributed by atoms with van der Waals surface area (Å²) >= 11 is 0. The van der Waals surface area contributed by atoms with Gasteiger partial charge in [-0.25, -0.2) is 0 Å². The van der Waals surface area contributed by atoms with Gasteiger partial charge < -0.3 is 4.79 Å². The number of hydrogen-bond acceptors (Lipinski definition) is 3. The lowest BCUT2D eigenvalue weighted by Crippen LogP contribution is -2.33. The van der Waals surface area contributed by atoms with Crippen LogP contribution in [0.4, 0.5) is 0 Å². The molecule has 0 saturated heterocycles. The van der Waals surface area contributed by atoms with Crippen LogP contribution in [-0.4, -0.2) is 12.3 Å². The smallest absolute Gasteiger partial charge is 0.137 e. The fourth-order valence-corrected chi connectivity index (χ4v) is 0.0393. The van der Waals surface area contributed by atoms with E-state index in [0.29, 0.717) is 0 Å². The Morgan fingerprint density at radius 2 is 2.50 bits per heavy atom. The van der Waals surface area contributed by atoms with Gasteiger partial charge in [0.2, 0.25) is 0 Å². The molecule has 0 fully saturated rings. The molecule has 0 amide bonds. The summed E-state index contributed by atoms with van der Waals surface area (Å²) in [4.78, 5) is 9.59. The van der Waals surface area contributed by atoms with Crippen LogP contribution in [0, 0.1) is 0 Å². The first-order chi connectivity index (χ1) is 2.81. The maximum absolute atomic E-state index is 9.59. The summed E-state index contributed by atoms with van der Waals surface area (Å²) in [6.07, 6.45) is 0.736. The molecule has 1 unspecified atom stereocenters. The number of rotatable bonds is 2. The van der Waals surface area contributed by atoms with Gasteiger partial charge in [0, 0.05) is 0 Å². The van der Waals surface area contributed by atoms with Crippen molar-refractivity contribution in [1.82, 2.24) is 5.43 Å². The van der Waals surface area contributed by atoms with Gasteiger partial charge in [-0.2, -0.15) is 0 Å². The number of hydrazine groups is 1. The summed E-state index contributed by atoms with van der Waals surface area (Å²) in [6, 6.07) is -0.218. The lowest BCUT2D eigenvalue weighted by molar-refractivity contribution is -0.109. The van der Waals surface area contributed by atoms with Gasteiger partial charge in [-0.05, 0) is 6.92 Å². The Labute approximate surface area is 36.5 Å². The van der Waals surface area contributed by atoms with E-state index in [4.69, 9.17) is 5.84 Å². The molecule has 1 atom stereocenters. The second-order valence-electron chi connectivity index (χ2n) is 1.09. The Hall–Kier alpha value is -0.410. The van der Waals surface area contributed by atoms with Crippen molar-refractivity contribution < 1.29 is 4.79 Å². The molecule has 0 rings (SSSR count). The molecule has 3 heteroatoms. The normalized spacial score (nSPS) is 13.7. The lowest BCUT2D eigenvalue weighted by atomic mass is 10.4. The Kier molecular flexibility index (Phi) is 2.62. The standard InChI is InChI=1S/C3H8N2O/c1-3(2-6)5-4/h2-3,5H,4H2,1H3. The van der Waals surface area contributed by atoms with Crippen molar-refractivity contribution in [2.24, 2.45) is 5.84 Å². The molecular weight excluding hydrogens is 80.0 g/mol. The van der Waals surface area contributed by atoms with Gasteiger partial charge in [-0.15, -0.1) is 0 Å². The third kappa shape index (κ3) is 1.87. The zero-order valence-corrected chi connectivity index (χ0v) is 3.64. The quantitative estimate of drug-likeness (QED) is 0.259. The van der Waals surface area contributed by atoms with Gasteiger partial charge in [-0.1, -0.05) is 0 Å². The van der Waals surface area contributed by atoms with Crippen molar-refractivity contribution in [2.75, 3.05) is 0 Å². The largest absolute Gasteiger partial charge is 0.302 e. The molecule has 0 bridgehead atoms. The molecule has 0 saturated carbocycles. The first-order valence-electron chi connectivity index (χ1n) is 1.72. The van der Waals surface area contributed by atoms with Crippen molar-refractivity contribution in [3.63, 3.8) is 0 Å². The minimum Gasteiger partial charge on any atom is -0.302 e. The van der Waals surface area contributed by atoms with E-state index in [9.17, 15) is 4.79 Å². The first-order valence-corrected chi connectivity index (χ1v) is 1.72. The van der Waals surface area contributed by atoms with E-state index < -0.39 is 0 Å². The summed E-state index contributed by atoms with van der Waals surface area (Å²) in [6.45, 7) is 1.67. The molecule has 3 N–H and O–H groups in total. The third-order valence-electron chi connectivity index (χ3n) is 0.467. The molecule has 0 heterocycles. The van der Waals surface area contributed by atoms with Crippen LogP contribution < -0.4 is 11.3 Å². The van der Waals surface area contributed by atoms with Crippen LogP contribution in [0.1, 0.15) is 6.92 Å². The molecule has 6 heavy (non-hydrogen) atoms. The molecule has 0 aromatic rings. The highest BCUT2D eigenvalue weighted by molar-refractivity contribution is 5.56. The van der Waals surface area contributed by atoms with Gasteiger partial charge in [0.05, 0.1) is 6.04 Å². The lowest BCUT2D eigenvalue weighted by Gasteiger charge is -1.94. The minimum atomic E-state index is -0.218. The zero-order chi connectivity index (χ0) is 4.99. The topological polar surface area (TPSA) is 55.1 Å². The van der Waals surface area contributed by atoms with E-state index in [1.54, 1.807) is 6.92 Å². The highest BCUT2D eigenvalue weighted by atomic mass is 16.1. The van der Waals surface area contributed by atoms with Gasteiger partial charge in [0.25, 0.3) is 0 Å². The minimum absolute atomic E-state index is 0.218. The van der Waals surface area contributed by atoms with Gasteiger partial charge in [-0.3, -0.25) is 11.3 Å². The predicted octanol–water partition coefficient (Wildman–Crippen LogP) is -0.963. The zero-order valence-electron chi connectivity index (χ0n) is 3.64. The summed E-state index contributed by atoms with van der Waals surface area (Å²) in [7, 11) is 0. The van der Waals surface area contributed by atoms with Crippen molar-refractivity contribution in [3.8, 4) is 0 Å². The Morgan fingerprint density at radius 1 is 2.00 bits per heavy atom. The van der Waals surface area contributed by atoms with E-state index in [2.05, 4.69) is 5.43 Å². The van der Waals surface area contributed by atoms with Crippen molar-refractivity contribution >= 4 is 6.29 Å². The van der Waals surface area contributed by atoms with Crippen molar-refractivity contribution in [2.45, 2.75) is 13.0 Å². The van der Waals surface area contributed by atoms with E-state index in [1.165, 1.54) is 0 Å². The fraction of sp³-hybridized carbons (Fsp3) is 0.667. The Morgan fingerprint density at radius 3 is 2.50 bits per heavy atom. The number of nitrogens with one attached hydrogen (secondary N) is 1. The third-order valence-corrected chi connectivity index (χ3v) is 0.467. The number of nitrogens with two attached hydrogens (primary N) is 1. The number of hydrogen-bond donors (Lipinski definition) is 2. The van der Waals surface area contributed by atoms with Crippen LogP contribution in [0.2, 0.25) is 0 Å². The van der Waals surface area contributed by atoms with Gasteiger partial charge in [0.1, 0.15) is 6.29 Å². The van der Waals surface area contributed by atoms with Gasteiger partial charge in [0.15, 0.2) is 0 Å². The van der Waals surface area contributed by atoms with Crippen molar-refractivity contribution in [1.29, 1.82) is 0 Å². The average molecular weight is 88.1 g/mol. The maximum Gasteiger partial charge on any atom is 0.137 e. The summed E-state index contributed by atoms with van der Waals surface area (Å²) < 4.78 is 0. The summed E-state index contributed by atoms with van der Waals surface area (Å²) in [5, 5.41) is 0. The predicted molar refractivity (Wildman–Crippen MR) is 22.8 cm³/mol. The molecule has 36 valence electrons. The van der Waals surface area contributed by atoms with Crippen LogP contribution in [-0.2, 0) is 4.79 Å². The monoisotopic (exact) mass is 88.1 g/mol. The second kappa shape index (κ2) is 2.81. The van der Waals surface area contributed by atoms with E-state index >= 15 is 0 Å².